The fraction of sp³-hybridized carbons (Fsp3) is 0.486. The molecule has 1 aliphatic rings. The van der Waals surface area contributed by atoms with E-state index in [4.69, 9.17) is 9.47 Å². The third kappa shape index (κ3) is 9.78. The Kier molecular flexibility index (Phi) is 13.9. The average molecular weight is 592 g/mol. The molecule has 8 heteroatoms. The number of likely N-dealkylation sites (N-methyl/N-ethyl adjacent to an activating group) is 1. The molecule has 0 saturated heterocycles. The van der Waals surface area contributed by atoms with Crippen molar-refractivity contribution in [3.63, 3.8) is 0 Å². The molecule has 0 saturated carbocycles. The van der Waals surface area contributed by atoms with Crippen molar-refractivity contribution in [1.82, 2.24) is 15.5 Å². The van der Waals surface area contributed by atoms with Crippen molar-refractivity contribution in [2.45, 2.75) is 82.2 Å². The maximum atomic E-state index is 13.6. The summed E-state index contributed by atoms with van der Waals surface area (Å²) >= 11 is 0. The van der Waals surface area contributed by atoms with Crippen LogP contribution < -0.4 is 15.4 Å². The van der Waals surface area contributed by atoms with Crippen LogP contribution in [-0.2, 0) is 20.7 Å². The van der Waals surface area contributed by atoms with Gasteiger partial charge in [-0.05, 0) is 54.5 Å². The summed E-state index contributed by atoms with van der Waals surface area (Å²) in [5, 5.41) is 18.1. The third-order valence-corrected chi connectivity index (χ3v) is 8.09. The van der Waals surface area contributed by atoms with Crippen LogP contribution in [0.2, 0.25) is 0 Å². The molecular weight excluding hydrogens is 542 g/mol. The van der Waals surface area contributed by atoms with Gasteiger partial charge in [-0.1, -0.05) is 68.3 Å². The quantitative estimate of drug-likeness (QED) is 0.156. The summed E-state index contributed by atoms with van der Waals surface area (Å²) in [4.78, 5) is 28.0. The molecule has 0 aromatic heterocycles. The summed E-state index contributed by atoms with van der Waals surface area (Å²) in [5.41, 5.74) is 3.14. The molecule has 2 amide bonds. The lowest BCUT2D eigenvalue weighted by atomic mass is 9.99. The lowest BCUT2D eigenvalue weighted by molar-refractivity contribution is -0.139. The molecule has 0 aliphatic heterocycles. The lowest BCUT2D eigenvalue weighted by Gasteiger charge is -2.31. The molecule has 0 heterocycles. The van der Waals surface area contributed by atoms with E-state index in [-0.39, 0.29) is 30.5 Å². The Labute approximate surface area is 257 Å². The molecule has 3 N–H and O–H groups in total. The molecule has 0 radical (unpaired) electrons. The van der Waals surface area contributed by atoms with Gasteiger partial charge in [0.05, 0.1) is 32.0 Å². The van der Waals surface area contributed by atoms with E-state index >= 15 is 0 Å². The minimum absolute atomic E-state index is 0.0666. The first-order valence-electron chi connectivity index (χ1n) is 15.3. The summed E-state index contributed by atoms with van der Waals surface area (Å²) < 4.78 is 11.5. The number of aliphatic hydroxyl groups is 1. The molecule has 0 unspecified atom stereocenters. The average Bonchev–Trinajstić information content (AvgIpc) is 3.37. The van der Waals surface area contributed by atoms with E-state index in [2.05, 4.69) is 30.7 Å². The van der Waals surface area contributed by atoms with Crippen LogP contribution in [0.4, 0.5) is 0 Å². The highest BCUT2D eigenvalue weighted by molar-refractivity contribution is 5.88. The number of ether oxygens (including phenoxy) is 2. The van der Waals surface area contributed by atoms with Crippen molar-refractivity contribution in [3.05, 3.63) is 90.5 Å². The summed E-state index contributed by atoms with van der Waals surface area (Å²) in [6.45, 7) is 10.3. The normalized spacial score (nSPS) is 17.8. The van der Waals surface area contributed by atoms with Crippen molar-refractivity contribution >= 4 is 11.8 Å². The monoisotopic (exact) mass is 591 g/mol. The molecule has 5 atom stereocenters. The van der Waals surface area contributed by atoms with E-state index in [0.717, 1.165) is 41.7 Å². The van der Waals surface area contributed by atoms with E-state index < -0.39 is 18.2 Å². The number of hydrogen-bond donors (Lipinski definition) is 3. The van der Waals surface area contributed by atoms with E-state index in [0.29, 0.717) is 32.3 Å². The zero-order chi connectivity index (χ0) is 31.2. The zero-order valence-electron chi connectivity index (χ0n) is 26.0. The molecule has 2 aromatic carbocycles. The summed E-state index contributed by atoms with van der Waals surface area (Å²) in [5.74, 6) is 0.382. The number of benzene rings is 2. The molecule has 0 spiro atoms. The Bertz CT molecular complexity index is 1190. The van der Waals surface area contributed by atoms with Gasteiger partial charge < -0.3 is 30.1 Å². The molecule has 0 bridgehead atoms. The Hall–Kier alpha value is -3.46. The molecule has 8 nitrogen and oxygen atoms in total. The van der Waals surface area contributed by atoms with Crippen LogP contribution in [0.1, 0.15) is 74.3 Å². The summed E-state index contributed by atoms with van der Waals surface area (Å²) in [6.07, 6.45) is 7.02. The number of amides is 2. The topological polar surface area (TPSA) is 100 Å². The first-order valence-corrected chi connectivity index (χ1v) is 15.3. The van der Waals surface area contributed by atoms with Gasteiger partial charge in [-0.25, -0.2) is 0 Å². The molecule has 43 heavy (non-hydrogen) atoms. The van der Waals surface area contributed by atoms with Crippen molar-refractivity contribution in [2.75, 3.05) is 27.3 Å². The highest BCUT2D eigenvalue weighted by Crippen LogP contribution is 2.42. The number of nitrogens with one attached hydrogen (secondary N) is 2. The molecule has 0 fully saturated rings. The number of fused-ring (bicyclic) bond motifs is 1. The van der Waals surface area contributed by atoms with Crippen LogP contribution >= 0.6 is 0 Å². The molecule has 1 aliphatic carbocycles. The van der Waals surface area contributed by atoms with Gasteiger partial charge in [0.2, 0.25) is 11.8 Å². The molecule has 3 rings (SSSR count). The Morgan fingerprint density at radius 3 is 2.56 bits per heavy atom. The summed E-state index contributed by atoms with van der Waals surface area (Å²) in [6, 6.07) is 14.4. The maximum Gasteiger partial charge on any atom is 0.243 e. The van der Waals surface area contributed by atoms with Crippen LogP contribution in [0.25, 0.3) is 0 Å². The van der Waals surface area contributed by atoms with Gasteiger partial charge in [0, 0.05) is 26.1 Å². The fourth-order valence-electron chi connectivity index (χ4n) is 5.59. The van der Waals surface area contributed by atoms with Crippen molar-refractivity contribution in [3.8, 4) is 5.75 Å². The second-order valence-corrected chi connectivity index (χ2v) is 11.2. The lowest BCUT2D eigenvalue weighted by Crippen LogP contribution is -2.55. The van der Waals surface area contributed by atoms with Gasteiger partial charge in [-0.2, -0.15) is 0 Å². The van der Waals surface area contributed by atoms with Gasteiger partial charge in [0.1, 0.15) is 11.8 Å². The number of carbonyl (C=O) groups is 2. The van der Waals surface area contributed by atoms with E-state index in [9.17, 15) is 14.7 Å². The first-order chi connectivity index (χ1) is 20.8. The SMILES string of the molecule is C=CCO[C@@H]1C[C@H](NC[C@@H](O)[C@H](Cc2ccccc2)NC(=O)[C@H](CC=C)N(C)C(=O)CCCCC)c2cc(OC)ccc21. The van der Waals surface area contributed by atoms with E-state index in [1.54, 1.807) is 26.3 Å². The van der Waals surface area contributed by atoms with Crippen LogP contribution in [-0.4, -0.2) is 67.3 Å². The number of carbonyl (C=O) groups excluding carboxylic acids is 2. The summed E-state index contributed by atoms with van der Waals surface area (Å²) in [7, 11) is 3.31. The zero-order valence-corrected chi connectivity index (χ0v) is 26.0. The number of hydrogen-bond acceptors (Lipinski definition) is 6. The van der Waals surface area contributed by atoms with Gasteiger partial charge in [0.25, 0.3) is 0 Å². The van der Waals surface area contributed by atoms with Gasteiger partial charge in [0.15, 0.2) is 0 Å². The van der Waals surface area contributed by atoms with Crippen molar-refractivity contribution < 1.29 is 24.2 Å². The van der Waals surface area contributed by atoms with Crippen LogP contribution in [0, 0.1) is 0 Å². The van der Waals surface area contributed by atoms with Crippen LogP contribution in [0.5, 0.6) is 5.75 Å². The van der Waals surface area contributed by atoms with Gasteiger partial charge >= 0.3 is 0 Å². The van der Waals surface area contributed by atoms with Crippen molar-refractivity contribution in [1.29, 1.82) is 0 Å². The largest absolute Gasteiger partial charge is 0.497 e. The van der Waals surface area contributed by atoms with Crippen LogP contribution in [0.15, 0.2) is 73.8 Å². The first kappa shape index (κ1) is 34.0. The van der Waals surface area contributed by atoms with E-state index in [1.165, 1.54) is 4.90 Å². The van der Waals surface area contributed by atoms with E-state index in [1.807, 2.05) is 48.5 Å². The predicted molar refractivity (Wildman–Crippen MR) is 171 cm³/mol. The number of methoxy groups -OCH3 is 1. The Balaban J connectivity index is 1.75. The number of unbranched alkanes of at least 4 members (excludes halogenated alkanes) is 2. The standard InChI is InChI=1S/C35H49N3O5/c1-6-9-11-17-34(40)38(4)31(14-7-2)35(41)37-30(21-25-15-12-10-13-16-25)32(39)24-36-29-23-33(43-20-8-3)27-19-18-26(42-5)22-28(27)29/h7-8,10,12-13,15-16,18-19,22,29-33,36,39H,2-3,6,9,11,14,17,20-21,23-24H2,1,4-5H3,(H,37,41)/t29-,30-,31-,32+,33+/m0/s1. The molecule has 234 valence electrons. The van der Waals surface area contributed by atoms with Crippen LogP contribution in [0.3, 0.4) is 0 Å². The molecular formula is C35H49N3O5. The maximum absolute atomic E-state index is 13.6. The predicted octanol–water partition coefficient (Wildman–Crippen LogP) is 5.05. The third-order valence-electron chi connectivity index (χ3n) is 8.09. The second-order valence-electron chi connectivity index (χ2n) is 11.2. The number of nitrogens with zero attached hydrogens (tertiary/aromatic N) is 1. The minimum atomic E-state index is -0.902. The van der Waals surface area contributed by atoms with Gasteiger partial charge in [-0.15, -0.1) is 13.2 Å². The highest BCUT2D eigenvalue weighted by Gasteiger charge is 2.34. The fourth-order valence-corrected chi connectivity index (χ4v) is 5.59. The Morgan fingerprint density at radius 2 is 1.88 bits per heavy atom. The minimum Gasteiger partial charge on any atom is -0.497 e. The highest BCUT2D eigenvalue weighted by atomic mass is 16.5. The number of aliphatic hydroxyl groups excluding tert-OH is 1. The van der Waals surface area contributed by atoms with Gasteiger partial charge in [-0.3, -0.25) is 9.59 Å². The van der Waals surface area contributed by atoms with Crippen molar-refractivity contribution in [2.24, 2.45) is 0 Å². The Morgan fingerprint density at radius 1 is 1.12 bits per heavy atom. The smallest absolute Gasteiger partial charge is 0.243 e. The second kappa shape index (κ2) is 17.6. The molecule has 2 aromatic rings. The number of rotatable bonds is 19.